The average Bonchev–Trinajstić information content (AvgIpc) is 3.34. The highest BCUT2D eigenvalue weighted by molar-refractivity contribution is 8.00. The number of oxime groups is 1. The third kappa shape index (κ3) is 6.73. The minimum atomic E-state index is -0.966. The van der Waals surface area contributed by atoms with Gasteiger partial charge in [-0.1, -0.05) is 43.5 Å². The summed E-state index contributed by atoms with van der Waals surface area (Å²) in [6.07, 6.45) is 9.37. The molecule has 0 radical (unpaired) electrons. The summed E-state index contributed by atoms with van der Waals surface area (Å²) in [6, 6.07) is -0.966. The number of nitrogens with one attached hydrogen (secondary N) is 1. The van der Waals surface area contributed by atoms with E-state index in [1.165, 1.54) is 28.1 Å². The van der Waals surface area contributed by atoms with Crippen molar-refractivity contribution in [3.63, 3.8) is 0 Å². The van der Waals surface area contributed by atoms with Gasteiger partial charge in [0, 0.05) is 17.6 Å². The Morgan fingerprint density at radius 1 is 1.39 bits per heavy atom. The molecule has 3 heterocycles. The molecule has 0 aliphatic carbocycles. The fraction of sp³-hybridized carbons (Fsp3) is 0.417. The number of β-lactam (4-membered cyclic amide) rings is 1. The van der Waals surface area contributed by atoms with Crippen LogP contribution in [0.3, 0.4) is 0 Å². The number of carbonyl (C=O) groups excluding carboxylic acids is 4. The van der Waals surface area contributed by atoms with Crippen LogP contribution in [0.25, 0.3) is 0 Å². The molecule has 1 saturated heterocycles. The molecule has 1 unspecified atom stereocenters. The highest BCUT2D eigenvalue weighted by Gasteiger charge is 2.54. The van der Waals surface area contributed by atoms with Crippen LogP contribution in [0.4, 0.5) is 5.13 Å². The number of unbranched alkanes of at least 4 members (excludes halogenated alkanes) is 2. The molecule has 202 valence electrons. The normalized spacial score (nSPS) is 18.6. The zero-order valence-electron chi connectivity index (χ0n) is 20.6. The summed E-state index contributed by atoms with van der Waals surface area (Å²) in [5.74, 6) is -0.0273. The van der Waals surface area contributed by atoms with E-state index in [4.69, 9.17) is 26.5 Å². The number of carbonyl (C=O) groups is 4. The zero-order valence-corrected chi connectivity index (χ0v) is 22.3. The van der Waals surface area contributed by atoms with E-state index in [9.17, 15) is 19.2 Å². The number of ether oxygens (including phenoxy) is 2. The maximum Gasteiger partial charge on any atom is 0.358 e. The van der Waals surface area contributed by atoms with Gasteiger partial charge in [0.2, 0.25) is 6.79 Å². The van der Waals surface area contributed by atoms with Gasteiger partial charge in [-0.05, 0) is 12.0 Å². The van der Waals surface area contributed by atoms with Gasteiger partial charge in [0.05, 0.1) is 0 Å². The first-order chi connectivity index (χ1) is 18.3. The number of nitrogens with zero attached hydrogens (tertiary/aromatic N) is 3. The predicted molar refractivity (Wildman–Crippen MR) is 141 cm³/mol. The quantitative estimate of drug-likeness (QED) is 0.0687. The number of hydrogen-bond donors (Lipinski definition) is 2. The van der Waals surface area contributed by atoms with Crippen molar-refractivity contribution < 1.29 is 33.5 Å². The second-order valence-corrected chi connectivity index (χ2v) is 9.95. The Morgan fingerprint density at radius 3 is 2.84 bits per heavy atom. The lowest BCUT2D eigenvalue weighted by Crippen LogP contribution is -2.71. The highest BCUT2D eigenvalue weighted by atomic mass is 32.2. The van der Waals surface area contributed by atoms with Crippen molar-refractivity contribution in [3.8, 4) is 12.3 Å². The zero-order chi connectivity index (χ0) is 27.7. The van der Waals surface area contributed by atoms with Crippen molar-refractivity contribution in [3.05, 3.63) is 35.0 Å². The number of rotatable bonds is 13. The summed E-state index contributed by atoms with van der Waals surface area (Å²) in [5, 5.41) is 7.50. The van der Waals surface area contributed by atoms with Crippen LogP contribution in [0, 0.1) is 12.3 Å². The maximum atomic E-state index is 13.1. The van der Waals surface area contributed by atoms with Crippen LogP contribution in [0.5, 0.6) is 0 Å². The standard InChI is InChI=1S/C24H27N5O7S2/c1-4-7-8-9-16(30)34-13-35-23(33)19-14(6-3)11-37-22-18(21(32)29(19)22)27-20(31)17(28-36-10-5-2)15-12-38-24(25)26-15/h2,6,12,18,22H,3-4,7-11,13H2,1H3,(H2,25,26)(H,27,31)/t18?,22-/m1/s1. The predicted octanol–water partition coefficient (Wildman–Crippen LogP) is 1.54. The van der Waals surface area contributed by atoms with E-state index in [1.807, 2.05) is 6.92 Å². The number of anilines is 1. The molecule has 2 aliphatic rings. The smallest absolute Gasteiger partial charge is 0.358 e. The van der Waals surface area contributed by atoms with Crippen LogP contribution in [-0.2, 0) is 33.5 Å². The molecule has 12 nitrogen and oxygen atoms in total. The first-order valence-electron chi connectivity index (χ1n) is 11.6. The molecule has 0 saturated carbocycles. The first kappa shape index (κ1) is 28.7. The van der Waals surface area contributed by atoms with Crippen molar-refractivity contribution in [2.75, 3.05) is 24.9 Å². The Morgan fingerprint density at radius 2 is 2.18 bits per heavy atom. The third-order valence-corrected chi connectivity index (χ3v) is 7.38. The molecular weight excluding hydrogens is 534 g/mol. The number of fused-ring (bicyclic) bond motifs is 1. The molecule has 2 aliphatic heterocycles. The number of esters is 2. The summed E-state index contributed by atoms with van der Waals surface area (Å²) in [6.45, 7) is 4.96. The molecule has 2 atom stereocenters. The van der Waals surface area contributed by atoms with Gasteiger partial charge < -0.3 is 25.4 Å². The third-order valence-electron chi connectivity index (χ3n) is 5.40. The van der Waals surface area contributed by atoms with Crippen LogP contribution in [0.1, 0.15) is 38.3 Å². The molecule has 1 fully saturated rings. The molecule has 0 spiro atoms. The molecule has 0 aromatic carbocycles. The second kappa shape index (κ2) is 13.6. The Bertz CT molecular complexity index is 1200. The molecule has 1 aromatic rings. The van der Waals surface area contributed by atoms with Crippen LogP contribution in [0.15, 0.2) is 34.5 Å². The molecule has 3 N–H and O–H groups in total. The van der Waals surface area contributed by atoms with Gasteiger partial charge in [0.15, 0.2) is 17.5 Å². The van der Waals surface area contributed by atoms with E-state index in [0.717, 1.165) is 24.2 Å². The monoisotopic (exact) mass is 561 g/mol. The van der Waals surface area contributed by atoms with Gasteiger partial charge in [-0.3, -0.25) is 19.3 Å². The van der Waals surface area contributed by atoms with Crippen LogP contribution in [-0.4, -0.2) is 69.9 Å². The fourth-order valence-electron chi connectivity index (χ4n) is 3.54. The summed E-state index contributed by atoms with van der Waals surface area (Å²) in [4.78, 5) is 60.9. The van der Waals surface area contributed by atoms with Crippen LogP contribution < -0.4 is 11.1 Å². The SMILES string of the molecule is C#CCON=C(C(=O)NC1C(=O)N2C(C(=O)OCOC(=O)CCCCC)=C(C=C)CS[C@H]12)c1csc(N)n1. The van der Waals surface area contributed by atoms with E-state index >= 15 is 0 Å². The summed E-state index contributed by atoms with van der Waals surface area (Å²) >= 11 is 2.43. The number of aromatic nitrogens is 1. The van der Waals surface area contributed by atoms with Gasteiger partial charge in [-0.15, -0.1) is 29.5 Å². The minimum absolute atomic E-state index is 0.0141. The second-order valence-electron chi connectivity index (χ2n) is 7.95. The average molecular weight is 562 g/mol. The van der Waals surface area contributed by atoms with E-state index in [1.54, 1.807) is 0 Å². The lowest BCUT2D eigenvalue weighted by molar-refractivity contribution is -0.168. The molecule has 0 bridgehead atoms. The Hall–Kier alpha value is -3.83. The summed E-state index contributed by atoms with van der Waals surface area (Å²) in [7, 11) is 0. The van der Waals surface area contributed by atoms with E-state index < -0.39 is 42.0 Å². The van der Waals surface area contributed by atoms with Crippen molar-refractivity contribution in [1.29, 1.82) is 0 Å². The molecule has 2 amide bonds. The Labute approximate surface area is 227 Å². The molecule has 3 rings (SSSR count). The van der Waals surface area contributed by atoms with Crippen molar-refractivity contribution >= 4 is 57.7 Å². The first-order valence-corrected chi connectivity index (χ1v) is 13.5. The number of allylic oxidation sites excluding steroid dienone is 1. The topological polar surface area (TPSA) is 163 Å². The van der Waals surface area contributed by atoms with Gasteiger partial charge in [0.25, 0.3) is 11.8 Å². The van der Waals surface area contributed by atoms with E-state index in [0.29, 0.717) is 17.7 Å². The largest absolute Gasteiger partial charge is 0.428 e. The summed E-state index contributed by atoms with van der Waals surface area (Å²) < 4.78 is 10.1. The molecular formula is C24H27N5O7S2. The van der Waals surface area contributed by atoms with Crippen LogP contribution in [0.2, 0.25) is 0 Å². The van der Waals surface area contributed by atoms with E-state index in [2.05, 4.69) is 28.0 Å². The van der Waals surface area contributed by atoms with Crippen molar-refractivity contribution in [2.24, 2.45) is 5.16 Å². The lowest BCUT2D eigenvalue weighted by Gasteiger charge is -2.49. The number of nitrogen functional groups attached to an aromatic ring is 1. The number of thiazole rings is 1. The Kier molecular flexibility index (Phi) is 10.3. The van der Waals surface area contributed by atoms with Crippen LogP contribution >= 0.6 is 23.1 Å². The van der Waals surface area contributed by atoms with Gasteiger partial charge in [-0.25, -0.2) is 9.78 Å². The van der Waals surface area contributed by atoms with E-state index in [-0.39, 0.29) is 35.3 Å². The minimum Gasteiger partial charge on any atom is -0.428 e. The number of nitrogens with two attached hydrogens (primary N) is 1. The molecule has 14 heteroatoms. The maximum absolute atomic E-state index is 13.1. The summed E-state index contributed by atoms with van der Waals surface area (Å²) in [5.41, 5.74) is 6.08. The number of thioether (sulfide) groups is 1. The fourth-order valence-corrected chi connectivity index (χ4v) is 5.43. The lowest BCUT2D eigenvalue weighted by atomic mass is 10.0. The Balaban J connectivity index is 1.66. The number of terminal acetylenes is 1. The van der Waals surface area contributed by atoms with Gasteiger partial charge in [0.1, 0.15) is 22.8 Å². The number of hydrogen-bond acceptors (Lipinski definition) is 12. The highest BCUT2D eigenvalue weighted by Crippen LogP contribution is 2.41. The van der Waals surface area contributed by atoms with Crippen molar-refractivity contribution in [2.45, 2.75) is 44.0 Å². The number of amides is 2. The molecule has 38 heavy (non-hydrogen) atoms. The van der Waals surface area contributed by atoms with Gasteiger partial charge in [-0.2, -0.15) is 0 Å². The molecule has 1 aromatic heterocycles. The van der Waals surface area contributed by atoms with Crippen molar-refractivity contribution in [1.82, 2.24) is 15.2 Å². The van der Waals surface area contributed by atoms with Gasteiger partial charge >= 0.3 is 11.9 Å².